The van der Waals surface area contributed by atoms with Crippen LogP contribution in [0.5, 0.6) is 11.5 Å². The molecular formula is C16H14N4O. The van der Waals surface area contributed by atoms with Gasteiger partial charge in [0.25, 0.3) is 0 Å². The summed E-state index contributed by atoms with van der Waals surface area (Å²) < 4.78 is 5.73. The maximum Gasteiger partial charge on any atom is 0.135 e. The van der Waals surface area contributed by atoms with E-state index >= 15 is 0 Å². The molecule has 3 N–H and O–H groups in total. The van der Waals surface area contributed by atoms with Crippen molar-refractivity contribution in [2.45, 2.75) is 0 Å². The Kier molecular flexibility index (Phi) is 3.64. The zero-order valence-electron chi connectivity index (χ0n) is 11.2. The predicted octanol–water partition coefficient (Wildman–Crippen LogP) is 3.59. The number of rotatable bonds is 4. The predicted molar refractivity (Wildman–Crippen MR) is 82.7 cm³/mol. The highest BCUT2D eigenvalue weighted by molar-refractivity contribution is 5.59. The van der Waals surface area contributed by atoms with Crippen LogP contribution >= 0.6 is 0 Å². The number of nitrogen functional groups attached to an aromatic ring is 1. The van der Waals surface area contributed by atoms with Gasteiger partial charge >= 0.3 is 0 Å². The van der Waals surface area contributed by atoms with Crippen molar-refractivity contribution in [1.29, 1.82) is 0 Å². The van der Waals surface area contributed by atoms with Crippen molar-refractivity contribution in [3.63, 3.8) is 0 Å². The third kappa shape index (κ3) is 3.48. The molecule has 0 unspecified atom stereocenters. The quantitative estimate of drug-likeness (QED) is 0.763. The molecule has 2 aromatic carbocycles. The fourth-order valence-electron chi connectivity index (χ4n) is 1.82. The van der Waals surface area contributed by atoms with Crippen LogP contribution in [0, 0.1) is 0 Å². The summed E-state index contributed by atoms with van der Waals surface area (Å²) in [5, 5.41) is 3.15. The molecular weight excluding hydrogens is 264 g/mol. The molecule has 5 heteroatoms. The molecule has 0 amide bonds. The van der Waals surface area contributed by atoms with E-state index in [1.54, 1.807) is 6.07 Å². The van der Waals surface area contributed by atoms with E-state index in [-0.39, 0.29) is 0 Å². The number of benzene rings is 2. The monoisotopic (exact) mass is 278 g/mol. The van der Waals surface area contributed by atoms with Crippen molar-refractivity contribution < 1.29 is 4.74 Å². The fraction of sp³-hybridized carbons (Fsp3) is 0. The maximum absolute atomic E-state index is 5.73. The summed E-state index contributed by atoms with van der Waals surface area (Å²) in [6.45, 7) is 0. The van der Waals surface area contributed by atoms with Crippen LogP contribution in [0.2, 0.25) is 0 Å². The van der Waals surface area contributed by atoms with Gasteiger partial charge in [-0.05, 0) is 36.4 Å². The average molecular weight is 278 g/mol. The molecule has 0 radical (unpaired) electrons. The number of para-hydroxylation sites is 1. The van der Waals surface area contributed by atoms with Crippen LogP contribution in [0.1, 0.15) is 0 Å². The first-order valence-corrected chi connectivity index (χ1v) is 6.47. The largest absolute Gasteiger partial charge is 0.457 e. The van der Waals surface area contributed by atoms with Gasteiger partial charge in [-0.25, -0.2) is 9.97 Å². The zero-order valence-corrected chi connectivity index (χ0v) is 11.2. The standard InChI is InChI=1S/C16H14N4O/c17-15-10-16(19-11-18-15)20-12-6-8-14(9-7-12)21-13-4-2-1-3-5-13/h1-11H,(H3,17,18,19,20). The molecule has 3 aromatic rings. The van der Waals surface area contributed by atoms with Crippen molar-refractivity contribution in [3.8, 4) is 11.5 Å². The van der Waals surface area contributed by atoms with E-state index < -0.39 is 0 Å². The molecule has 0 fully saturated rings. The van der Waals surface area contributed by atoms with Crippen LogP contribution in [0.25, 0.3) is 0 Å². The van der Waals surface area contributed by atoms with E-state index in [9.17, 15) is 0 Å². The van der Waals surface area contributed by atoms with Gasteiger partial charge in [-0.2, -0.15) is 0 Å². The third-order valence-corrected chi connectivity index (χ3v) is 2.79. The summed E-state index contributed by atoms with van der Waals surface area (Å²) in [4.78, 5) is 7.94. The van der Waals surface area contributed by atoms with Crippen molar-refractivity contribution in [3.05, 3.63) is 67.0 Å². The Morgan fingerprint density at radius 3 is 2.29 bits per heavy atom. The van der Waals surface area contributed by atoms with Crippen LogP contribution in [0.3, 0.4) is 0 Å². The lowest BCUT2D eigenvalue weighted by Crippen LogP contribution is -1.97. The van der Waals surface area contributed by atoms with E-state index in [0.29, 0.717) is 11.6 Å². The lowest BCUT2D eigenvalue weighted by molar-refractivity contribution is 0.483. The molecule has 0 aliphatic rings. The SMILES string of the molecule is Nc1cc(Nc2ccc(Oc3ccccc3)cc2)ncn1. The van der Waals surface area contributed by atoms with Gasteiger partial charge in [-0.15, -0.1) is 0 Å². The van der Waals surface area contributed by atoms with Gasteiger partial charge in [0.05, 0.1) is 0 Å². The first-order valence-electron chi connectivity index (χ1n) is 6.47. The average Bonchev–Trinajstić information content (AvgIpc) is 2.50. The Balaban J connectivity index is 1.69. The molecule has 104 valence electrons. The van der Waals surface area contributed by atoms with Gasteiger partial charge in [0.2, 0.25) is 0 Å². The van der Waals surface area contributed by atoms with Gasteiger partial charge in [0.15, 0.2) is 0 Å². The molecule has 1 heterocycles. The molecule has 0 aliphatic heterocycles. The number of hydrogen-bond acceptors (Lipinski definition) is 5. The first-order chi connectivity index (χ1) is 10.3. The Bertz CT molecular complexity index is 714. The third-order valence-electron chi connectivity index (χ3n) is 2.79. The molecule has 5 nitrogen and oxygen atoms in total. The van der Waals surface area contributed by atoms with Crippen molar-refractivity contribution >= 4 is 17.3 Å². The number of ether oxygens (including phenoxy) is 1. The van der Waals surface area contributed by atoms with E-state index in [4.69, 9.17) is 10.5 Å². The number of nitrogens with two attached hydrogens (primary N) is 1. The van der Waals surface area contributed by atoms with Crippen LogP contribution in [-0.4, -0.2) is 9.97 Å². The lowest BCUT2D eigenvalue weighted by Gasteiger charge is -2.08. The second-order valence-corrected chi connectivity index (χ2v) is 4.39. The number of anilines is 3. The smallest absolute Gasteiger partial charge is 0.135 e. The summed E-state index contributed by atoms with van der Waals surface area (Å²) in [5.41, 5.74) is 6.51. The molecule has 0 spiro atoms. The first kappa shape index (κ1) is 12.9. The molecule has 1 aromatic heterocycles. The Hall–Kier alpha value is -3.08. The minimum absolute atomic E-state index is 0.427. The topological polar surface area (TPSA) is 73.1 Å². The van der Waals surface area contributed by atoms with E-state index in [1.165, 1.54) is 6.33 Å². The number of nitrogens with one attached hydrogen (secondary N) is 1. The van der Waals surface area contributed by atoms with Crippen LogP contribution in [-0.2, 0) is 0 Å². The second kappa shape index (κ2) is 5.92. The minimum atomic E-state index is 0.427. The van der Waals surface area contributed by atoms with E-state index in [2.05, 4.69) is 15.3 Å². The molecule has 0 saturated heterocycles. The fourth-order valence-corrected chi connectivity index (χ4v) is 1.82. The summed E-state index contributed by atoms with van der Waals surface area (Å²) in [6.07, 6.45) is 1.42. The van der Waals surface area contributed by atoms with Crippen LogP contribution in [0.4, 0.5) is 17.3 Å². The Labute approximate surface area is 122 Å². The normalized spacial score (nSPS) is 10.1. The van der Waals surface area contributed by atoms with Gasteiger partial charge in [-0.1, -0.05) is 18.2 Å². The summed E-state index contributed by atoms with van der Waals surface area (Å²) >= 11 is 0. The van der Waals surface area contributed by atoms with Gasteiger partial charge in [0, 0.05) is 11.8 Å². The highest BCUT2D eigenvalue weighted by Gasteiger charge is 1.99. The molecule has 0 saturated carbocycles. The highest BCUT2D eigenvalue weighted by atomic mass is 16.5. The molecule has 0 bridgehead atoms. The number of hydrogen-bond donors (Lipinski definition) is 2. The summed E-state index contributed by atoms with van der Waals surface area (Å²) in [5.74, 6) is 2.66. The van der Waals surface area contributed by atoms with Crippen molar-refractivity contribution in [1.82, 2.24) is 9.97 Å². The number of nitrogens with zero attached hydrogens (tertiary/aromatic N) is 2. The lowest BCUT2D eigenvalue weighted by atomic mass is 10.3. The van der Waals surface area contributed by atoms with Crippen molar-refractivity contribution in [2.75, 3.05) is 11.1 Å². The van der Waals surface area contributed by atoms with Gasteiger partial charge in [0.1, 0.15) is 29.5 Å². The van der Waals surface area contributed by atoms with Crippen LogP contribution < -0.4 is 15.8 Å². The second-order valence-electron chi connectivity index (χ2n) is 4.39. The van der Waals surface area contributed by atoms with E-state index in [1.807, 2.05) is 54.6 Å². The number of aromatic nitrogens is 2. The Morgan fingerprint density at radius 1 is 0.857 bits per heavy atom. The summed E-state index contributed by atoms with van der Waals surface area (Å²) in [6, 6.07) is 18.9. The minimum Gasteiger partial charge on any atom is -0.457 e. The molecule has 0 aliphatic carbocycles. The molecule has 0 atom stereocenters. The van der Waals surface area contributed by atoms with E-state index in [0.717, 1.165) is 17.2 Å². The Morgan fingerprint density at radius 2 is 1.57 bits per heavy atom. The van der Waals surface area contributed by atoms with Crippen molar-refractivity contribution in [2.24, 2.45) is 0 Å². The maximum atomic E-state index is 5.73. The van der Waals surface area contributed by atoms with Gasteiger partial charge in [-0.3, -0.25) is 0 Å². The molecule has 21 heavy (non-hydrogen) atoms. The highest BCUT2D eigenvalue weighted by Crippen LogP contribution is 2.23. The molecule has 3 rings (SSSR count). The zero-order chi connectivity index (χ0) is 14.5. The summed E-state index contributed by atoms with van der Waals surface area (Å²) in [7, 11) is 0. The van der Waals surface area contributed by atoms with Gasteiger partial charge < -0.3 is 15.8 Å². The van der Waals surface area contributed by atoms with Crippen LogP contribution in [0.15, 0.2) is 67.0 Å².